The van der Waals surface area contributed by atoms with Crippen molar-refractivity contribution in [3.05, 3.63) is 249 Å². The average Bonchev–Trinajstić information content (AvgIpc) is 1.55. The van der Waals surface area contributed by atoms with Crippen molar-refractivity contribution in [2.45, 2.75) is 32.7 Å². The molecule has 0 aliphatic carbocycles. The average molecular weight is 1370 g/mol. The molecule has 25 heterocycles. The maximum atomic E-state index is 8.00. The van der Waals surface area contributed by atoms with Crippen molar-refractivity contribution in [1.29, 1.82) is 0 Å². The Morgan fingerprint density at radius 2 is 0.951 bits per heavy atom. The lowest BCUT2D eigenvalue weighted by molar-refractivity contribution is -0.651. The van der Waals surface area contributed by atoms with Gasteiger partial charge in [-0.05, 0) is 109 Å². The van der Waals surface area contributed by atoms with Crippen LogP contribution in [-0.4, -0.2) is 106 Å². The van der Waals surface area contributed by atoms with Crippen molar-refractivity contribution in [2.75, 3.05) is 0 Å². The largest absolute Gasteiger partial charge is 0.396 e. The highest BCUT2D eigenvalue weighted by Crippen LogP contribution is 2.39. The van der Waals surface area contributed by atoms with Crippen molar-refractivity contribution in [2.24, 2.45) is 14.0 Å². The van der Waals surface area contributed by atoms with Gasteiger partial charge in [0.1, 0.15) is 48.5 Å². The van der Waals surface area contributed by atoms with Gasteiger partial charge >= 0.3 is 34.5 Å². The van der Waals surface area contributed by atoms with Crippen molar-refractivity contribution < 1.29 is 31.4 Å². The van der Waals surface area contributed by atoms with Gasteiger partial charge in [0.25, 0.3) is 44.8 Å². The lowest BCUT2D eigenvalue weighted by Gasteiger charge is -2.03. The molecule has 0 unspecified atom stereocenters. The molecule has 0 saturated heterocycles. The molecule has 0 atom stereocenters. The molecule has 5 aliphatic rings. The SMILES string of the molecule is C[n+]1c2n(c3nc4ncccn4c31)Cc1ncccc1-2.[2H]C([2H])([2H])[n+]1c2n(c3nc4ncccn4c31)Cc1ncccc1-2.c1ccc(-n2c3[n+](c4nc5ncccn5c42)Cc2ncccc2-3)cc1.c1cnc2c(c1)-c1oc3c(nc4ncccn43)[n+]1C2.c1cnc2c(c1)-c1sc3c4cccnn4cc3[n+]1C2. The molecule has 0 saturated carbocycles. The Labute approximate surface area is 587 Å². The predicted molar refractivity (Wildman–Crippen MR) is 375 cm³/mol. The lowest BCUT2D eigenvalue weighted by Crippen LogP contribution is -2.32. The summed E-state index contributed by atoms with van der Waals surface area (Å²) < 4.78 is 57.4. The van der Waals surface area contributed by atoms with E-state index in [0.29, 0.717) is 47.5 Å². The molecule has 103 heavy (non-hydrogen) atoms. The van der Waals surface area contributed by atoms with Crippen LogP contribution in [0.4, 0.5) is 0 Å². The number of hydrogen-bond donors (Lipinski definition) is 0. The summed E-state index contributed by atoms with van der Waals surface area (Å²) in [6.45, 7) is 1.24. The Bertz CT molecular complexity index is 7090. The minimum Gasteiger partial charge on any atom is -0.396 e. The van der Waals surface area contributed by atoms with E-state index in [0.717, 1.165) is 122 Å². The zero-order valence-corrected chi connectivity index (χ0v) is 55.0. The van der Waals surface area contributed by atoms with E-state index < -0.39 is 6.98 Å². The molecule has 0 bridgehead atoms. The minimum atomic E-state index is -2.33. The lowest BCUT2D eigenvalue weighted by atomic mass is 10.2. The highest BCUT2D eigenvalue weighted by Gasteiger charge is 2.41. The molecule has 0 radical (unpaired) electrons. The summed E-state index contributed by atoms with van der Waals surface area (Å²) in [6.07, 6.45) is 27.6. The zero-order valence-electron chi connectivity index (χ0n) is 57.2. The molecule has 490 valence electrons. The minimum absolute atomic E-state index is 0.481. The van der Waals surface area contributed by atoms with Crippen LogP contribution < -0.4 is 22.8 Å². The van der Waals surface area contributed by atoms with Crippen LogP contribution in [0.2, 0.25) is 0 Å². The summed E-state index contributed by atoms with van der Waals surface area (Å²) in [5, 5.41) is 5.66. The van der Waals surface area contributed by atoms with Crippen LogP contribution in [0.3, 0.4) is 0 Å². The van der Waals surface area contributed by atoms with E-state index in [9.17, 15) is 0 Å². The van der Waals surface area contributed by atoms with E-state index in [1.54, 1.807) is 53.8 Å². The van der Waals surface area contributed by atoms with E-state index in [4.69, 9.17) is 13.5 Å². The standard InChI is InChI=1S/C19H13N6.2C14H11N6.C14H9N4S.C13H8N5O/c1-2-6-13(7-3-1)25-17-14-8-4-9-20-15(14)12-24(17)16-18(25)23-11-5-10-21-19(23)22-16;2*1-18-12-9-4-2-5-15-10(9)8-20(12)11-13(18)19-7-3-6-16-14(19)17-11;1-3-9-10(15-5-1)7-17-12-8-18-11(4-2-6-16-18)13(12)19-14(9)17;1-3-8-9(14-4-1)7-18-10-12(19-11(8)18)17-6-2-5-15-13(17)16-10/h1-11H,12H2;2*2-7H,8H2,1H3;1-6,8H,7H2;1-6H,7H2/q5*+1/i;1D3;;;. The van der Waals surface area contributed by atoms with E-state index in [1.807, 2.05) is 154 Å². The van der Waals surface area contributed by atoms with Crippen LogP contribution in [0.1, 0.15) is 32.6 Å². The molecule has 21 aromatic rings. The van der Waals surface area contributed by atoms with Crippen molar-refractivity contribution in [1.82, 2.24) is 106 Å². The van der Waals surface area contributed by atoms with Crippen LogP contribution in [0.15, 0.2) is 225 Å². The number of para-hydroxylation sites is 1. The van der Waals surface area contributed by atoms with Gasteiger partial charge < -0.3 is 4.42 Å². The van der Waals surface area contributed by atoms with E-state index >= 15 is 0 Å². The van der Waals surface area contributed by atoms with Gasteiger partial charge in [-0.25, -0.2) is 55.7 Å². The van der Waals surface area contributed by atoms with Crippen molar-refractivity contribution >= 4 is 95.4 Å². The topological polar surface area (TPSA) is 250 Å². The molecule has 5 aliphatic heterocycles. The fourth-order valence-electron chi connectivity index (χ4n) is 15.2. The normalized spacial score (nSPS) is 13.5. The number of hydrogen-bond acceptors (Lipinski definition) is 16. The number of oxazole rings is 1. The van der Waals surface area contributed by atoms with Crippen LogP contribution in [-0.2, 0) is 46.7 Å². The fourth-order valence-corrected chi connectivity index (χ4v) is 16.5. The van der Waals surface area contributed by atoms with Gasteiger partial charge in [0.15, 0.2) is 6.54 Å². The van der Waals surface area contributed by atoms with E-state index in [2.05, 4.69) is 150 Å². The molecule has 26 rings (SSSR count). The second-order valence-corrected chi connectivity index (χ2v) is 26.1. The predicted octanol–water partition coefficient (Wildman–Crippen LogP) is 7.70. The summed E-state index contributed by atoms with van der Waals surface area (Å²) in [5.41, 5.74) is 20.9. The Morgan fingerprint density at radius 1 is 0.447 bits per heavy atom. The van der Waals surface area contributed by atoms with Gasteiger partial charge in [-0.1, -0.05) is 34.5 Å². The molecular formula is C74H52N27OS+5. The summed E-state index contributed by atoms with van der Waals surface area (Å²) in [4.78, 5) is 57.9. The number of benzene rings is 1. The van der Waals surface area contributed by atoms with Crippen LogP contribution >= 0.6 is 11.3 Å². The van der Waals surface area contributed by atoms with Crippen LogP contribution in [0, 0.1) is 0 Å². The Morgan fingerprint density at radius 3 is 1.61 bits per heavy atom. The Hall–Kier alpha value is -14.1. The van der Waals surface area contributed by atoms with Gasteiger partial charge in [-0.15, -0.1) is 0 Å². The third kappa shape index (κ3) is 8.28. The molecule has 29 heteroatoms. The Balaban J connectivity index is 0.0000000830. The number of aryl methyl sites for hydroxylation is 2. The summed E-state index contributed by atoms with van der Waals surface area (Å²) >= 11 is 1.83. The number of imidazole rings is 7. The van der Waals surface area contributed by atoms with Gasteiger partial charge in [-0.2, -0.15) is 38.0 Å². The second kappa shape index (κ2) is 21.7. The van der Waals surface area contributed by atoms with Gasteiger partial charge in [0, 0.05) is 79.3 Å². The third-order valence-electron chi connectivity index (χ3n) is 19.5. The molecule has 0 N–H and O–H groups in total. The molecule has 0 amide bonds. The van der Waals surface area contributed by atoms with Crippen molar-refractivity contribution in [3.63, 3.8) is 0 Å². The van der Waals surface area contributed by atoms with Crippen molar-refractivity contribution in [3.8, 4) is 61.9 Å². The summed E-state index contributed by atoms with van der Waals surface area (Å²) in [7, 11) is 2.07. The number of thiazole rings is 1. The first-order valence-electron chi connectivity index (χ1n) is 34.6. The van der Waals surface area contributed by atoms with E-state index in [1.165, 1.54) is 42.1 Å². The molecular weight excluding hydrogens is 1320 g/mol. The molecule has 0 spiro atoms. The molecule has 1 aromatic carbocycles. The van der Waals surface area contributed by atoms with Gasteiger partial charge in [-0.3, -0.25) is 24.9 Å². The van der Waals surface area contributed by atoms with E-state index in [-0.39, 0.29) is 0 Å². The summed E-state index contributed by atoms with van der Waals surface area (Å²) in [5.74, 6) is 6.27. The summed E-state index contributed by atoms with van der Waals surface area (Å²) in [6, 6.07) is 42.0. The first-order chi connectivity index (χ1) is 52.1. The first-order valence-corrected chi connectivity index (χ1v) is 33.9. The number of fused-ring (bicyclic) bond motifs is 35. The third-order valence-corrected chi connectivity index (χ3v) is 20.8. The maximum absolute atomic E-state index is 8.00. The maximum Gasteiger partial charge on any atom is 0.392 e. The number of pyridine rings is 5. The van der Waals surface area contributed by atoms with Crippen LogP contribution in [0.25, 0.3) is 146 Å². The Kier molecular flexibility index (Phi) is 11.4. The number of rotatable bonds is 1. The monoisotopic (exact) mass is 1370 g/mol. The smallest absolute Gasteiger partial charge is 0.392 e. The molecule has 20 aromatic heterocycles. The highest BCUT2D eigenvalue weighted by molar-refractivity contribution is 7.22. The quantitative estimate of drug-likeness (QED) is 0.143. The van der Waals surface area contributed by atoms with Crippen LogP contribution in [0.5, 0.6) is 0 Å². The zero-order chi connectivity index (χ0) is 70.2. The molecule has 0 fully saturated rings. The number of nitrogens with zero attached hydrogens (tertiary/aromatic N) is 27. The van der Waals surface area contributed by atoms with Gasteiger partial charge in [0.05, 0.1) is 86.6 Å². The first kappa shape index (κ1) is 53.9. The molecule has 28 nitrogen and oxygen atoms in total. The fraction of sp³-hybridized carbons (Fsp3) is 0.0946. The van der Waals surface area contributed by atoms with Gasteiger partial charge in [0.2, 0.25) is 23.0 Å². The number of aromatic nitrogens is 27. The highest BCUT2D eigenvalue weighted by atomic mass is 32.1. The second-order valence-electron chi connectivity index (χ2n) is 25.1.